The van der Waals surface area contributed by atoms with Gasteiger partial charge in [0.05, 0.1) is 6.26 Å². The maximum absolute atomic E-state index is 13.4. The zero-order chi connectivity index (χ0) is 24.0. The smallest absolute Gasteiger partial charge is 0.319 e. The molecule has 0 unspecified atom stereocenters. The van der Waals surface area contributed by atoms with Gasteiger partial charge in [-0.15, -0.1) is 0 Å². The Bertz CT molecular complexity index is 1080. The Balaban J connectivity index is 1.92. The number of hydrogen-bond donors (Lipinski definition) is 2. The van der Waals surface area contributed by atoms with Gasteiger partial charge in [-0.2, -0.15) is 0 Å². The number of benzene rings is 2. The predicted molar refractivity (Wildman–Crippen MR) is 127 cm³/mol. The van der Waals surface area contributed by atoms with Crippen LogP contribution in [0.5, 0.6) is 0 Å². The van der Waals surface area contributed by atoms with Gasteiger partial charge in [-0.1, -0.05) is 12.1 Å². The second-order valence-corrected chi connectivity index (χ2v) is 8.26. The van der Waals surface area contributed by atoms with Crippen LogP contribution in [0.2, 0.25) is 0 Å². The van der Waals surface area contributed by atoms with Gasteiger partial charge in [0, 0.05) is 44.6 Å². The van der Waals surface area contributed by atoms with Crippen LogP contribution in [0.25, 0.3) is 0 Å². The molecule has 8 heteroatoms. The average molecular weight is 453 g/mol. The van der Waals surface area contributed by atoms with Crippen molar-refractivity contribution in [3.05, 3.63) is 83.6 Å². The number of amides is 3. The molecule has 0 bridgehead atoms. The van der Waals surface area contributed by atoms with Gasteiger partial charge in [0.15, 0.2) is 5.76 Å². The second kappa shape index (κ2) is 10.7. The van der Waals surface area contributed by atoms with E-state index in [0.717, 1.165) is 16.8 Å². The van der Waals surface area contributed by atoms with Crippen LogP contribution in [0.4, 0.5) is 20.6 Å². The minimum absolute atomic E-state index is 0.00244. The summed E-state index contributed by atoms with van der Waals surface area (Å²) < 4.78 is 18.7. The summed E-state index contributed by atoms with van der Waals surface area (Å²) in [5.74, 6) is -0.407. The van der Waals surface area contributed by atoms with E-state index in [9.17, 15) is 14.0 Å². The average Bonchev–Trinajstić information content (AvgIpc) is 3.28. The van der Waals surface area contributed by atoms with Crippen molar-refractivity contribution in [1.82, 2.24) is 10.2 Å². The van der Waals surface area contributed by atoms with E-state index in [1.807, 2.05) is 51.0 Å². The summed E-state index contributed by atoms with van der Waals surface area (Å²) in [7, 11) is 3.83. The summed E-state index contributed by atoms with van der Waals surface area (Å²) in [4.78, 5) is 29.0. The van der Waals surface area contributed by atoms with Crippen molar-refractivity contribution in [3.8, 4) is 0 Å². The first-order valence-electron chi connectivity index (χ1n) is 10.7. The molecule has 3 aromatic rings. The normalized spacial score (nSPS) is 10.7. The van der Waals surface area contributed by atoms with E-state index in [0.29, 0.717) is 5.69 Å². The molecule has 3 rings (SSSR count). The molecule has 2 N–H and O–H groups in total. The van der Waals surface area contributed by atoms with E-state index in [2.05, 4.69) is 10.6 Å². The molecular formula is C25H29FN4O3. The third kappa shape index (κ3) is 6.58. The Hall–Kier alpha value is -3.81. The highest BCUT2D eigenvalue weighted by Crippen LogP contribution is 2.26. The predicted octanol–water partition coefficient (Wildman–Crippen LogP) is 4.86. The lowest BCUT2D eigenvalue weighted by molar-refractivity contribution is 0.0698. The fraction of sp³-hybridized carbons (Fsp3) is 0.280. The molecule has 0 spiro atoms. The number of carbonyl (C=O) groups is 2. The summed E-state index contributed by atoms with van der Waals surface area (Å²) in [5, 5.41) is 5.63. The minimum Gasteiger partial charge on any atom is -0.459 e. The Labute approximate surface area is 193 Å². The lowest BCUT2D eigenvalue weighted by Crippen LogP contribution is -2.34. The maximum atomic E-state index is 13.4. The van der Waals surface area contributed by atoms with E-state index in [1.165, 1.54) is 18.4 Å². The van der Waals surface area contributed by atoms with E-state index >= 15 is 0 Å². The van der Waals surface area contributed by atoms with Crippen LogP contribution in [-0.2, 0) is 13.1 Å². The molecule has 0 saturated heterocycles. The van der Waals surface area contributed by atoms with Crippen LogP contribution in [-0.4, -0.2) is 37.0 Å². The fourth-order valence-electron chi connectivity index (χ4n) is 3.43. The summed E-state index contributed by atoms with van der Waals surface area (Å²) in [6.07, 6.45) is 1.45. The monoisotopic (exact) mass is 452 g/mol. The van der Waals surface area contributed by atoms with Crippen molar-refractivity contribution < 1.29 is 18.4 Å². The number of nitrogens with one attached hydrogen (secondary N) is 2. The van der Waals surface area contributed by atoms with Crippen LogP contribution in [0, 0.1) is 5.82 Å². The van der Waals surface area contributed by atoms with Crippen molar-refractivity contribution in [2.75, 3.05) is 24.3 Å². The Morgan fingerprint density at radius 1 is 1.03 bits per heavy atom. The third-order valence-corrected chi connectivity index (χ3v) is 4.91. The second-order valence-electron chi connectivity index (χ2n) is 8.26. The molecule has 1 aromatic heterocycles. The van der Waals surface area contributed by atoms with Gasteiger partial charge in [-0.3, -0.25) is 4.79 Å². The van der Waals surface area contributed by atoms with Crippen molar-refractivity contribution >= 4 is 23.3 Å². The van der Waals surface area contributed by atoms with Crippen LogP contribution >= 0.6 is 0 Å². The molecule has 2 aromatic carbocycles. The number of halogens is 1. The summed E-state index contributed by atoms with van der Waals surface area (Å²) in [6.45, 7) is 4.28. The SMILES string of the molecule is CC(C)NC(=O)Nc1ccc(N(C)C)c(CN(Cc2ccc(F)cc2)C(=O)c2ccco2)c1. The van der Waals surface area contributed by atoms with Gasteiger partial charge in [0.25, 0.3) is 5.91 Å². The standard InChI is InChI=1S/C25H29FN4O3/c1-17(2)27-25(32)28-21-11-12-22(29(3)4)19(14-21)16-30(24(31)23-6-5-13-33-23)15-18-7-9-20(26)10-8-18/h5-14,17H,15-16H2,1-4H3,(H2,27,28,32). The van der Waals surface area contributed by atoms with Gasteiger partial charge in [-0.05, 0) is 67.4 Å². The number of carbonyl (C=O) groups excluding carboxylic acids is 2. The molecular weight excluding hydrogens is 423 g/mol. The molecule has 1 heterocycles. The first-order chi connectivity index (χ1) is 15.7. The lowest BCUT2D eigenvalue weighted by Gasteiger charge is -2.26. The van der Waals surface area contributed by atoms with Crippen LogP contribution in [0.15, 0.2) is 65.3 Å². The topological polar surface area (TPSA) is 77.8 Å². The highest BCUT2D eigenvalue weighted by atomic mass is 19.1. The molecule has 0 aliphatic heterocycles. The Morgan fingerprint density at radius 2 is 1.76 bits per heavy atom. The van der Waals surface area contributed by atoms with Gasteiger partial charge in [-0.25, -0.2) is 9.18 Å². The first kappa shape index (κ1) is 23.8. The molecule has 0 aliphatic carbocycles. The number of nitrogens with zero attached hydrogens (tertiary/aromatic N) is 2. The summed E-state index contributed by atoms with van der Waals surface area (Å²) >= 11 is 0. The van der Waals surface area contributed by atoms with Crippen molar-refractivity contribution in [1.29, 1.82) is 0 Å². The highest BCUT2D eigenvalue weighted by molar-refractivity contribution is 5.92. The van der Waals surface area contributed by atoms with Crippen molar-refractivity contribution in [2.45, 2.75) is 33.0 Å². The minimum atomic E-state index is -0.337. The van der Waals surface area contributed by atoms with Gasteiger partial charge in [0.1, 0.15) is 5.82 Å². The van der Waals surface area contributed by atoms with Gasteiger partial charge >= 0.3 is 6.03 Å². The van der Waals surface area contributed by atoms with E-state index in [1.54, 1.807) is 29.2 Å². The summed E-state index contributed by atoms with van der Waals surface area (Å²) in [6, 6.07) is 14.6. The van der Waals surface area contributed by atoms with E-state index < -0.39 is 0 Å². The number of rotatable bonds is 8. The molecule has 33 heavy (non-hydrogen) atoms. The number of urea groups is 1. The van der Waals surface area contributed by atoms with Gasteiger partial charge < -0.3 is 24.9 Å². The fourth-order valence-corrected chi connectivity index (χ4v) is 3.43. The van der Waals surface area contributed by atoms with Crippen LogP contribution in [0.1, 0.15) is 35.5 Å². The summed E-state index contributed by atoms with van der Waals surface area (Å²) in [5.41, 5.74) is 3.14. The Kier molecular flexibility index (Phi) is 7.71. The molecule has 0 atom stereocenters. The molecule has 0 aliphatic rings. The molecule has 3 amide bonds. The van der Waals surface area contributed by atoms with Crippen molar-refractivity contribution in [3.63, 3.8) is 0 Å². The van der Waals surface area contributed by atoms with E-state index in [4.69, 9.17) is 4.42 Å². The van der Waals surface area contributed by atoms with Crippen molar-refractivity contribution in [2.24, 2.45) is 0 Å². The molecule has 0 fully saturated rings. The number of furan rings is 1. The quantitative estimate of drug-likeness (QED) is 0.512. The van der Waals surface area contributed by atoms with Gasteiger partial charge in [0.2, 0.25) is 0 Å². The first-order valence-corrected chi connectivity index (χ1v) is 10.7. The number of anilines is 2. The molecule has 7 nitrogen and oxygen atoms in total. The Morgan fingerprint density at radius 3 is 2.36 bits per heavy atom. The molecule has 0 radical (unpaired) electrons. The van der Waals surface area contributed by atoms with E-state index in [-0.39, 0.29) is 42.6 Å². The lowest BCUT2D eigenvalue weighted by atomic mass is 10.1. The largest absolute Gasteiger partial charge is 0.459 e. The third-order valence-electron chi connectivity index (χ3n) is 4.91. The van der Waals surface area contributed by atoms with Crippen LogP contribution < -0.4 is 15.5 Å². The molecule has 174 valence electrons. The van der Waals surface area contributed by atoms with Crippen LogP contribution in [0.3, 0.4) is 0 Å². The zero-order valence-electron chi connectivity index (χ0n) is 19.3. The zero-order valence-corrected chi connectivity index (χ0v) is 19.3. The molecule has 0 saturated carbocycles. The highest BCUT2D eigenvalue weighted by Gasteiger charge is 2.21. The maximum Gasteiger partial charge on any atom is 0.319 e. The number of hydrogen-bond acceptors (Lipinski definition) is 4.